The Morgan fingerprint density at radius 1 is 1.17 bits per heavy atom. The number of hydrogen-bond donors (Lipinski definition) is 1. The lowest BCUT2D eigenvalue weighted by molar-refractivity contribution is -0.137. The highest BCUT2D eigenvalue weighted by atomic mass is 32.1. The van der Waals surface area contributed by atoms with E-state index < -0.39 is 17.6 Å². The Balaban J connectivity index is 1.68. The van der Waals surface area contributed by atoms with Gasteiger partial charge in [-0.3, -0.25) is 9.59 Å². The number of nitrogens with zero attached hydrogens (tertiary/aromatic N) is 1. The van der Waals surface area contributed by atoms with Crippen LogP contribution in [-0.2, 0) is 12.7 Å². The summed E-state index contributed by atoms with van der Waals surface area (Å²) in [6.45, 7) is 1.90. The van der Waals surface area contributed by atoms with Crippen molar-refractivity contribution in [1.29, 1.82) is 0 Å². The van der Waals surface area contributed by atoms with Crippen molar-refractivity contribution in [2.75, 3.05) is 12.4 Å². The highest BCUT2D eigenvalue weighted by molar-refractivity contribution is 7.18. The Labute approximate surface area is 168 Å². The summed E-state index contributed by atoms with van der Waals surface area (Å²) in [4.78, 5) is 26.7. The molecule has 2 heterocycles. The average Bonchev–Trinajstić information content (AvgIpc) is 3.30. The van der Waals surface area contributed by atoms with E-state index in [-0.39, 0.29) is 18.2 Å². The van der Waals surface area contributed by atoms with Gasteiger partial charge in [-0.05, 0) is 48.4 Å². The largest absolute Gasteiger partial charge is 0.459 e. The van der Waals surface area contributed by atoms with E-state index in [2.05, 4.69) is 5.32 Å². The van der Waals surface area contributed by atoms with Crippen molar-refractivity contribution in [3.8, 4) is 0 Å². The molecule has 3 rings (SSSR count). The molecule has 0 saturated heterocycles. The van der Waals surface area contributed by atoms with Gasteiger partial charge >= 0.3 is 6.18 Å². The van der Waals surface area contributed by atoms with Gasteiger partial charge in [0.25, 0.3) is 11.8 Å². The molecular weight excluding hydrogens is 405 g/mol. The number of thiophene rings is 1. The first-order valence-electron chi connectivity index (χ1n) is 8.52. The number of anilines is 1. The second-order valence-electron chi connectivity index (χ2n) is 6.41. The number of aryl methyl sites for hydroxylation is 1. The molecule has 0 bridgehead atoms. The van der Waals surface area contributed by atoms with Gasteiger partial charge in [-0.15, -0.1) is 11.3 Å². The van der Waals surface area contributed by atoms with Crippen LogP contribution in [0.2, 0.25) is 0 Å². The van der Waals surface area contributed by atoms with Gasteiger partial charge in [-0.1, -0.05) is 12.1 Å². The second-order valence-corrected chi connectivity index (χ2v) is 7.46. The molecule has 0 aliphatic rings. The topological polar surface area (TPSA) is 62.6 Å². The van der Waals surface area contributed by atoms with E-state index in [9.17, 15) is 22.8 Å². The van der Waals surface area contributed by atoms with Gasteiger partial charge in [0.1, 0.15) is 0 Å². The number of alkyl halides is 3. The summed E-state index contributed by atoms with van der Waals surface area (Å²) >= 11 is 1.12. The van der Waals surface area contributed by atoms with Gasteiger partial charge in [0.15, 0.2) is 5.76 Å². The number of rotatable bonds is 5. The molecule has 0 unspecified atom stereocenters. The molecular formula is C20H17F3N2O3S. The van der Waals surface area contributed by atoms with Crippen LogP contribution >= 0.6 is 11.3 Å². The minimum absolute atomic E-state index is 0.155. The van der Waals surface area contributed by atoms with E-state index in [0.29, 0.717) is 21.0 Å². The number of nitrogens with one attached hydrogen (secondary N) is 1. The molecule has 0 saturated carbocycles. The first kappa shape index (κ1) is 20.7. The van der Waals surface area contributed by atoms with Gasteiger partial charge in [0, 0.05) is 13.6 Å². The predicted molar refractivity (Wildman–Crippen MR) is 103 cm³/mol. The van der Waals surface area contributed by atoms with Crippen molar-refractivity contribution in [1.82, 2.24) is 4.90 Å². The van der Waals surface area contributed by atoms with Crippen LogP contribution in [0.1, 0.15) is 36.9 Å². The zero-order valence-electron chi connectivity index (χ0n) is 15.5. The monoisotopic (exact) mass is 422 g/mol. The maximum Gasteiger partial charge on any atom is 0.416 e. The van der Waals surface area contributed by atoms with Crippen LogP contribution in [0.15, 0.2) is 53.1 Å². The quantitative estimate of drug-likeness (QED) is 0.615. The number of furan rings is 1. The zero-order valence-corrected chi connectivity index (χ0v) is 16.4. The SMILES string of the molecule is Cc1cc(NC(=O)c2ccco2)sc1C(=O)N(C)Cc1ccc(C(F)(F)F)cc1. The third kappa shape index (κ3) is 4.86. The first-order valence-corrected chi connectivity index (χ1v) is 9.33. The van der Waals surface area contributed by atoms with E-state index >= 15 is 0 Å². The van der Waals surface area contributed by atoms with Crippen LogP contribution < -0.4 is 5.32 Å². The van der Waals surface area contributed by atoms with Crippen LogP contribution in [-0.4, -0.2) is 23.8 Å². The molecule has 2 amide bonds. The standard InChI is InChI=1S/C20H17F3N2O3S/c1-12-10-16(24-18(26)15-4-3-9-28-15)29-17(12)19(27)25(2)11-13-5-7-14(8-6-13)20(21,22)23/h3-10H,11H2,1-2H3,(H,24,26). The number of benzene rings is 1. The summed E-state index contributed by atoms with van der Waals surface area (Å²) in [6.07, 6.45) is -3.01. The predicted octanol–water partition coefficient (Wildman–Crippen LogP) is 5.19. The number of carbonyl (C=O) groups is 2. The van der Waals surface area contributed by atoms with E-state index in [4.69, 9.17) is 4.42 Å². The average molecular weight is 422 g/mol. The van der Waals surface area contributed by atoms with Gasteiger partial charge in [0.2, 0.25) is 0 Å². The summed E-state index contributed by atoms with van der Waals surface area (Å²) < 4.78 is 43.0. The fourth-order valence-corrected chi connectivity index (χ4v) is 3.72. The summed E-state index contributed by atoms with van der Waals surface area (Å²) in [5.74, 6) is -0.553. The van der Waals surface area contributed by atoms with E-state index in [0.717, 1.165) is 23.5 Å². The summed E-state index contributed by atoms with van der Waals surface area (Å²) in [7, 11) is 1.57. The molecule has 1 N–H and O–H groups in total. The number of halogens is 3. The molecule has 9 heteroatoms. The van der Waals surface area contributed by atoms with Crippen LogP contribution in [0.4, 0.5) is 18.2 Å². The van der Waals surface area contributed by atoms with Gasteiger partial charge in [-0.2, -0.15) is 13.2 Å². The lowest BCUT2D eigenvalue weighted by Gasteiger charge is -2.17. The lowest BCUT2D eigenvalue weighted by Crippen LogP contribution is -2.26. The van der Waals surface area contributed by atoms with Crippen molar-refractivity contribution in [2.45, 2.75) is 19.6 Å². The zero-order chi connectivity index (χ0) is 21.2. The molecule has 0 radical (unpaired) electrons. The highest BCUT2D eigenvalue weighted by Crippen LogP contribution is 2.30. The third-order valence-electron chi connectivity index (χ3n) is 4.14. The maximum absolute atomic E-state index is 12.7. The molecule has 0 aliphatic carbocycles. The van der Waals surface area contributed by atoms with Gasteiger partial charge < -0.3 is 14.6 Å². The summed E-state index contributed by atoms with van der Waals surface area (Å²) in [5.41, 5.74) is 0.532. The Morgan fingerprint density at radius 3 is 2.45 bits per heavy atom. The van der Waals surface area contributed by atoms with Gasteiger partial charge in [0.05, 0.1) is 21.7 Å². The molecule has 0 fully saturated rings. The molecule has 5 nitrogen and oxygen atoms in total. The van der Waals surface area contributed by atoms with Crippen LogP contribution in [0, 0.1) is 6.92 Å². The highest BCUT2D eigenvalue weighted by Gasteiger charge is 2.30. The summed E-state index contributed by atoms with van der Waals surface area (Å²) in [5, 5.41) is 3.17. The van der Waals surface area contributed by atoms with E-state index in [1.807, 2.05) is 0 Å². The molecule has 29 heavy (non-hydrogen) atoms. The van der Waals surface area contributed by atoms with Crippen LogP contribution in [0.5, 0.6) is 0 Å². The van der Waals surface area contributed by atoms with E-state index in [1.54, 1.807) is 26.1 Å². The molecule has 0 aliphatic heterocycles. The Kier molecular flexibility index (Phi) is 5.78. The molecule has 1 aromatic carbocycles. The van der Waals surface area contributed by atoms with Crippen LogP contribution in [0.25, 0.3) is 0 Å². The molecule has 152 valence electrons. The van der Waals surface area contributed by atoms with Crippen molar-refractivity contribution < 1.29 is 27.2 Å². The van der Waals surface area contributed by atoms with Gasteiger partial charge in [-0.25, -0.2) is 0 Å². The van der Waals surface area contributed by atoms with Crippen molar-refractivity contribution in [3.63, 3.8) is 0 Å². The lowest BCUT2D eigenvalue weighted by atomic mass is 10.1. The number of hydrogen-bond acceptors (Lipinski definition) is 4. The van der Waals surface area contributed by atoms with Crippen molar-refractivity contribution in [3.05, 3.63) is 76.1 Å². The molecule has 2 aromatic heterocycles. The van der Waals surface area contributed by atoms with Crippen LogP contribution in [0.3, 0.4) is 0 Å². The Bertz CT molecular complexity index is 1010. The maximum atomic E-state index is 12.7. The molecule has 3 aromatic rings. The second kappa shape index (κ2) is 8.12. The van der Waals surface area contributed by atoms with Crippen molar-refractivity contribution >= 4 is 28.2 Å². The fourth-order valence-electron chi connectivity index (χ4n) is 2.66. The van der Waals surface area contributed by atoms with Crippen molar-refractivity contribution in [2.24, 2.45) is 0 Å². The van der Waals surface area contributed by atoms with E-state index in [1.165, 1.54) is 29.4 Å². The molecule has 0 atom stereocenters. The Hall–Kier alpha value is -3.07. The Morgan fingerprint density at radius 2 is 1.86 bits per heavy atom. The molecule has 0 spiro atoms. The minimum atomic E-state index is -4.40. The fraction of sp³-hybridized carbons (Fsp3) is 0.200. The normalized spacial score (nSPS) is 11.3. The summed E-state index contributed by atoms with van der Waals surface area (Å²) in [6, 6.07) is 9.49. The first-order chi connectivity index (χ1) is 13.6. The number of carbonyl (C=O) groups excluding carboxylic acids is 2. The number of amides is 2. The third-order valence-corrected chi connectivity index (χ3v) is 5.28. The minimum Gasteiger partial charge on any atom is -0.459 e. The smallest absolute Gasteiger partial charge is 0.416 e.